The minimum absolute atomic E-state index is 0.0505. The molecule has 1 heterocycles. The molecular weight excluding hydrogens is 280 g/mol. The van der Waals surface area contributed by atoms with Gasteiger partial charge in [-0.05, 0) is 32.9 Å². The van der Waals surface area contributed by atoms with Crippen molar-refractivity contribution in [2.75, 3.05) is 7.11 Å². The van der Waals surface area contributed by atoms with Gasteiger partial charge in [0.05, 0.1) is 19.3 Å². The van der Waals surface area contributed by atoms with Gasteiger partial charge in [-0.2, -0.15) is 0 Å². The molecule has 2 rings (SSSR count). The highest BCUT2D eigenvalue weighted by molar-refractivity contribution is 5.94. The van der Waals surface area contributed by atoms with Crippen molar-refractivity contribution in [2.45, 2.75) is 40.0 Å². The molecule has 6 heteroatoms. The lowest BCUT2D eigenvalue weighted by atomic mass is 10.1. The maximum atomic E-state index is 12.3. The summed E-state index contributed by atoms with van der Waals surface area (Å²) in [4.78, 5) is 12.3. The van der Waals surface area contributed by atoms with Gasteiger partial charge in [-0.1, -0.05) is 22.4 Å². The molecule has 0 bridgehead atoms. The lowest BCUT2D eigenvalue weighted by Gasteiger charge is -2.14. The van der Waals surface area contributed by atoms with Gasteiger partial charge < -0.3 is 10.1 Å². The molecule has 1 N–H and O–H groups in total. The third kappa shape index (κ3) is 4.39. The number of nitrogens with one attached hydrogen (secondary N) is 1. The van der Waals surface area contributed by atoms with Gasteiger partial charge in [0, 0.05) is 18.7 Å². The summed E-state index contributed by atoms with van der Waals surface area (Å²) in [7, 11) is 1.62. The van der Waals surface area contributed by atoms with E-state index < -0.39 is 0 Å². The molecule has 118 valence electrons. The normalized spacial score (nSPS) is 12.2. The Hall–Kier alpha value is -2.21. The number of aryl methyl sites for hydroxylation is 2. The van der Waals surface area contributed by atoms with E-state index in [2.05, 4.69) is 15.6 Å². The summed E-state index contributed by atoms with van der Waals surface area (Å²) in [6.07, 6.45) is 1.82. The molecule has 2 aromatic rings. The Kier molecular flexibility index (Phi) is 5.27. The third-order valence-electron chi connectivity index (χ3n) is 3.20. The Balaban J connectivity index is 1.95. The smallest absolute Gasteiger partial charge is 0.251 e. The second kappa shape index (κ2) is 7.17. The maximum absolute atomic E-state index is 12.3. The zero-order valence-corrected chi connectivity index (χ0v) is 13.5. The Morgan fingerprint density at radius 3 is 2.64 bits per heavy atom. The highest BCUT2D eigenvalue weighted by Crippen LogP contribution is 2.09. The fourth-order valence-electron chi connectivity index (χ4n) is 2.38. The van der Waals surface area contributed by atoms with E-state index in [0.29, 0.717) is 18.7 Å². The van der Waals surface area contributed by atoms with Gasteiger partial charge in [-0.25, -0.2) is 0 Å². The first-order valence-corrected chi connectivity index (χ1v) is 7.25. The van der Waals surface area contributed by atoms with E-state index in [1.165, 1.54) is 0 Å². The third-order valence-corrected chi connectivity index (χ3v) is 3.20. The number of carbonyl (C=O) groups excluding carboxylic acids is 1. The van der Waals surface area contributed by atoms with Gasteiger partial charge in [0.25, 0.3) is 5.91 Å². The number of benzene rings is 1. The van der Waals surface area contributed by atoms with Crippen molar-refractivity contribution in [3.8, 4) is 0 Å². The molecule has 6 nitrogen and oxygen atoms in total. The van der Waals surface area contributed by atoms with Gasteiger partial charge in [-0.3, -0.25) is 9.48 Å². The minimum atomic E-state index is -0.0727. The summed E-state index contributed by atoms with van der Waals surface area (Å²) >= 11 is 0. The lowest BCUT2D eigenvalue weighted by molar-refractivity contribution is 0.0935. The largest absolute Gasteiger partial charge is 0.378 e. The molecule has 0 aliphatic rings. The number of methoxy groups -OCH3 is 1. The van der Waals surface area contributed by atoms with E-state index in [9.17, 15) is 4.79 Å². The van der Waals surface area contributed by atoms with E-state index in [0.717, 1.165) is 16.8 Å². The topological polar surface area (TPSA) is 69.0 Å². The molecule has 0 saturated heterocycles. The zero-order chi connectivity index (χ0) is 16.1. The van der Waals surface area contributed by atoms with E-state index in [4.69, 9.17) is 4.74 Å². The highest BCUT2D eigenvalue weighted by atomic mass is 16.5. The van der Waals surface area contributed by atoms with E-state index in [1.54, 1.807) is 11.8 Å². The predicted octanol–water partition coefficient (Wildman–Crippen LogP) is 1.86. The molecule has 0 saturated carbocycles. The first-order chi connectivity index (χ1) is 10.5. The average molecular weight is 302 g/mol. The highest BCUT2D eigenvalue weighted by Gasteiger charge is 2.12. The van der Waals surface area contributed by atoms with E-state index >= 15 is 0 Å². The second-order valence-electron chi connectivity index (χ2n) is 5.62. The predicted molar refractivity (Wildman–Crippen MR) is 83.6 cm³/mol. The Morgan fingerprint density at radius 2 is 2.00 bits per heavy atom. The molecule has 0 fully saturated rings. The van der Waals surface area contributed by atoms with Crippen LogP contribution in [0.25, 0.3) is 0 Å². The summed E-state index contributed by atoms with van der Waals surface area (Å²) in [5, 5.41) is 11.0. The fraction of sp³-hybridized carbons (Fsp3) is 0.438. The van der Waals surface area contributed by atoms with Gasteiger partial charge in [0.2, 0.25) is 0 Å². The number of rotatable bonds is 6. The number of carbonyl (C=O) groups is 1. The average Bonchev–Trinajstić information content (AvgIpc) is 2.85. The van der Waals surface area contributed by atoms with Crippen LogP contribution in [0.3, 0.4) is 0 Å². The molecule has 1 atom stereocenters. The van der Waals surface area contributed by atoms with Crippen LogP contribution in [0.1, 0.15) is 34.1 Å². The molecule has 0 spiro atoms. The van der Waals surface area contributed by atoms with Crippen LogP contribution in [-0.4, -0.2) is 34.1 Å². The molecule has 1 amide bonds. The number of hydrogen-bond donors (Lipinski definition) is 1. The van der Waals surface area contributed by atoms with Crippen molar-refractivity contribution in [1.82, 2.24) is 20.3 Å². The molecule has 0 aliphatic heterocycles. The van der Waals surface area contributed by atoms with Gasteiger partial charge in [0.1, 0.15) is 5.69 Å². The van der Waals surface area contributed by atoms with Crippen molar-refractivity contribution in [3.05, 3.63) is 46.8 Å². The number of ether oxygens (including phenoxy) is 1. The quantitative estimate of drug-likeness (QED) is 0.884. The van der Waals surface area contributed by atoms with Crippen LogP contribution < -0.4 is 5.32 Å². The van der Waals surface area contributed by atoms with Crippen LogP contribution >= 0.6 is 0 Å². The van der Waals surface area contributed by atoms with Crippen LogP contribution in [0.4, 0.5) is 0 Å². The Bertz CT molecular complexity index is 631. The van der Waals surface area contributed by atoms with Crippen molar-refractivity contribution in [1.29, 1.82) is 0 Å². The minimum Gasteiger partial charge on any atom is -0.378 e. The molecule has 22 heavy (non-hydrogen) atoms. The first kappa shape index (κ1) is 16.2. The number of hydrogen-bond acceptors (Lipinski definition) is 4. The molecular formula is C16H22N4O2. The zero-order valence-electron chi connectivity index (χ0n) is 13.5. The number of nitrogens with zero attached hydrogens (tertiary/aromatic N) is 3. The molecule has 0 radical (unpaired) electrons. The van der Waals surface area contributed by atoms with Crippen LogP contribution in [0, 0.1) is 13.8 Å². The first-order valence-electron chi connectivity index (χ1n) is 7.25. The van der Waals surface area contributed by atoms with Crippen LogP contribution in [-0.2, 0) is 17.9 Å². The summed E-state index contributed by atoms with van der Waals surface area (Å²) in [6.45, 7) is 6.91. The van der Waals surface area contributed by atoms with Crippen LogP contribution in [0.15, 0.2) is 24.4 Å². The van der Waals surface area contributed by atoms with E-state index in [1.807, 2.05) is 45.2 Å². The van der Waals surface area contributed by atoms with Crippen LogP contribution in [0.2, 0.25) is 0 Å². The van der Waals surface area contributed by atoms with Crippen molar-refractivity contribution >= 4 is 5.91 Å². The Morgan fingerprint density at radius 1 is 1.32 bits per heavy atom. The monoisotopic (exact) mass is 302 g/mol. The number of amides is 1. The van der Waals surface area contributed by atoms with Crippen molar-refractivity contribution in [3.63, 3.8) is 0 Å². The maximum Gasteiger partial charge on any atom is 0.251 e. The fourth-order valence-corrected chi connectivity index (χ4v) is 2.38. The van der Waals surface area contributed by atoms with Crippen LogP contribution in [0.5, 0.6) is 0 Å². The van der Waals surface area contributed by atoms with E-state index in [-0.39, 0.29) is 11.9 Å². The summed E-state index contributed by atoms with van der Waals surface area (Å²) in [5.74, 6) is -0.0727. The summed E-state index contributed by atoms with van der Waals surface area (Å²) < 4.78 is 6.71. The molecule has 0 unspecified atom stereocenters. The summed E-state index contributed by atoms with van der Waals surface area (Å²) in [5.41, 5.74) is 3.62. The molecule has 0 aliphatic carbocycles. The number of aromatic nitrogens is 3. The Labute approximate surface area is 130 Å². The lowest BCUT2D eigenvalue weighted by Crippen LogP contribution is -2.35. The van der Waals surface area contributed by atoms with Gasteiger partial charge >= 0.3 is 0 Å². The van der Waals surface area contributed by atoms with Crippen molar-refractivity contribution in [2.24, 2.45) is 0 Å². The second-order valence-corrected chi connectivity index (χ2v) is 5.62. The molecule has 1 aromatic heterocycles. The molecule has 1 aromatic carbocycles. The summed E-state index contributed by atoms with van der Waals surface area (Å²) in [6, 6.07) is 5.78. The van der Waals surface area contributed by atoms with Gasteiger partial charge in [-0.15, -0.1) is 5.10 Å². The SMILES string of the molecule is COCc1cn(C[C@@H](C)NC(=O)c2cc(C)cc(C)c2)nn1. The van der Waals surface area contributed by atoms with Crippen molar-refractivity contribution < 1.29 is 9.53 Å². The van der Waals surface area contributed by atoms with Gasteiger partial charge in [0.15, 0.2) is 0 Å². The standard InChI is InChI=1S/C16H22N4O2/c1-11-5-12(2)7-14(6-11)16(21)17-13(3)8-20-9-15(10-22-4)18-19-20/h5-7,9,13H,8,10H2,1-4H3,(H,17,21)/t13-/m1/s1.